The summed E-state index contributed by atoms with van der Waals surface area (Å²) < 4.78 is -1.44. The quantitative estimate of drug-likeness (QED) is 0.668. The first-order valence-corrected chi connectivity index (χ1v) is 6.57. The molecule has 0 saturated carbocycles. The van der Waals surface area contributed by atoms with E-state index in [0.717, 1.165) is 19.4 Å². The third-order valence-electron chi connectivity index (χ3n) is 2.87. The van der Waals surface area contributed by atoms with Gasteiger partial charge >= 0.3 is 0 Å². The van der Waals surface area contributed by atoms with Crippen molar-refractivity contribution in [1.29, 1.82) is 0 Å². The van der Waals surface area contributed by atoms with Gasteiger partial charge in [-0.3, -0.25) is 4.79 Å². The number of carbonyl (C=O) groups is 1. The van der Waals surface area contributed by atoms with Gasteiger partial charge in [-0.1, -0.05) is 59.1 Å². The van der Waals surface area contributed by atoms with Gasteiger partial charge in [0.15, 0.2) is 5.78 Å². The van der Waals surface area contributed by atoms with Gasteiger partial charge in [-0.25, -0.2) is 0 Å². The highest BCUT2D eigenvalue weighted by Gasteiger charge is 2.25. The molecule has 17 heavy (non-hydrogen) atoms. The summed E-state index contributed by atoms with van der Waals surface area (Å²) in [5.74, 6) is 0.110. The molecule has 1 aromatic carbocycles. The Bertz CT molecular complexity index is 405. The SMILES string of the molecule is O=C(c1ccc(C(Cl)(Cl)Cl)cc1)C1CCCN1. The largest absolute Gasteiger partial charge is 0.307 e. The number of carbonyl (C=O) groups excluding carboxylic acids is 1. The molecule has 1 aromatic rings. The van der Waals surface area contributed by atoms with Crippen molar-refractivity contribution in [3.05, 3.63) is 35.4 Å². The minimum atomic E-state index is -1.44. The standard InChI is InChI=1S/C12H12Cl3NO/c13-12(14,15)9-5-3-8(4-6-9)11(17)10-2-1-7-16-10/h3-6,10,16H,1-2,7H2. The molecule has 0 spiro atoms. The molecule has 1 aliphatic rings. The van der Waals surface area contributed by atoms with Crippen LogP contribution in [0.25, 0.3) is 0 Å². The Kier molecular flexibility index (Phi) is 3.99. The number of rotatable bonds is 2. The third-order valence-corrected chi connectivity index (χ3v) is 3.53. The zero-order valence-electron chi connectivity index (χ0n) is 9.05. The summed E-state index contributed by atoms with van der Waals surface area (Å²) in [5.41, 5.74) is 1.22. The predicted molar refractivity (Wildman–Crippen MR) is 71.0 cm³/mol. The first kappa shape index (κ1) is 13.2. The molecule has 1 N–H and O–H groups in total. The molecule has 1 aliphatic heterocycles. The highest BCUT2D eigenvalue weighted by Crippen LogP contribution is 2.38. The number of hydrogen-bond donors (Lipinski definition) is 1. The molecule has 0 aromatic heterocycles. The van der Waals surface area contributed by atoms with Crippen molar-refractivity contribution in [2.24, 2.45) is 0 Å². The Morgan fingerprint density at radius 2 is 1.88 bits per heavy atom. The van der Waals surface area contributed by atoms with E-state index in [-0.39, 0.29) is 11.8 Å². The number of ketones is 1. The van der Waals surface area contributed by atoms with Crippen LogP contribution in [0.5, 0.6) is 0 Å². The highest BCUT2D eigenvalue weighted by molar-refractivity contribution is 6.66. The number of benzene rings is 1. The molecule has 0 aliphatic carbocycles. The summed E-state index contributed by atoms with van der Waals surface area (Å²) in [5, 5.41) is 3.17. The molecule has 1 atom stereocenters. The Balaban J connectivity index is 2.15. The number of nitrogens with one attached hydrogen (secondary N) is 1. The van der Waals surface area contributed by atoms with Crippen LogP contribution < -0.4 is 5.32 Å². The summed E-state index contributed by atoms with van der Waals surface area (Å²) in [6.07, 6.45) is 1.94. The number of halogens is 3. The maximum Gasteiger partial charge on any atom is 0.216 e. The van der Waals surface area contributed by atoms with E-state index in [0.29, 0.717) is 11.1 Å². The zero-order valence-corrected chi connectivity index (χ0v) is 11.3. The van der Waals surface area contributed by atoms with E-state index in [2.05, 4.69) is 5.32 Å². The van der Waals surface area contributed by atoms with E-state index in [1.165, 1.54) is 0 Å². The minimum absolute atomic E-state index is 0.0615. The molecule has 1 heterocycles. The molecular weight excluding hydrogens is 280 g/mol. The lowest BCUT2D eigenvalue weighted by molar-refractivity contribution is 0.0952. The van der Waals surface area contributed by atoms with Gasteiger partial charge in [0, 0.05) is 11.1 Å². The molecule has 1 unspecified atom stereocenters. The van der Waals surface area contributed by atoms with Crippen LogP contribution >= 0.6 is 34.8 Å². The van der Waals surface area contributed by atoms with Crippen LogP contribution in [0.1, 0.15) is 28.8 Å². The number of alkyl halides is 3. The Hall–Kier alpha value is -0.280. The normalized spacial score (nSPS) is 20.5. The minimum Gasteiger partial charge on any atom is -0.307 e. The fourth-order valence-corrected chi connectivity index (χ4v) is 2.31. The van der Waals surface area contributed by atoms with Crippen molar-refractivity contribution in [2.75, 3.05) is 6.54 Å². The van der Waals surface area contributed by atoms with Crippen molar-refractivity contribution < 1.29 is 4.79 Å². The lowest BCUT2D eigenvalue weighted by atomic mass is 10.0. The van der Waals surface area contributed by atoms with Crippen molar-refractivity contribution in [1.82, 2.24) is 5.32 Å². The zero-order chi connectivity index (χ0) is 12.5. The van der Waals surface area contributed by atoms with Crippen molar-refractivity contribution in [3.8, 4) is 0 Å². The van der Waals surface area contributed by atoms with Gasteiger partial charge in [-0.05, 0) is 19.4 Å². The monoisotopic (exact) mass is 291 g/mol. The van der Waals surface area contributed by atoms with Crippen molar-refractivity contribution in [3.63, 3.8) is 0 Å². The Morgan fingerprint density at radius 1 is 1.24 bits per heavy atom. The second-order valence-electron chi connectivity index (χ2n) is 4.09. The van der Waals surface area contributed by atoms with E-state index >= 15 is 0 Å². The van der Waals surface area contributed by atoms with Crippen LogP contribution in [0.2, 0.25) is 0 Å². The van der Waals surface area contributed by atoms with E-state index in [1.54, 1.807) is 24.3 Å². The van der Waals surface area contributed by atoms with Gasteiger partial charge in [-0.2, -0.15) is 0 Å². The van der Waals surface area contributed by atoms with Gasteiger partial charge in [0.2, 0.25) is 3.79 Å². The molecule has 0 amide bonds. The second-order valence-corrected chi connectivity index (χ2v) is 6.37. The van der Waals surface area contributed by atoms with Gasteiger partial charge in [0.25, 0.3) is 0 Å². The van der Waals surface area contributed by atoms with Crippen LogP contribution in [-0.4, -0.2) is 18.4 Å². The first-order valence-electron chi connectivity index (χ1n) is 5.43. The fourth-order valence-electron chi connectivity index (χ4n) is 1.93. The molecule has 92 valence electrons. The molecule has 1 saturated heterocycles. The summed E-state index contributed by atoms with van der Waals surface area (Å²) >= 11 is 17.3. The number of Topliss-reactive ketones (excluding diaryl/α,β-unsaturated/α-hetero) is 1. The summed E-state index contributed by atoms with van der Waals surface area (Å²) in [4.78, 5) is 12.0. The fraction of sp³-hybridized carbons (Fsp3) is 0.417. The maximum atomic E-state index is 12.0. The topological polar surface area (TPSA) is 29.1 Å². The smallest absolute Gasteiger partial charge is 0.216 e. The molecule has 5 heteroatoms. The van der Waals surface area contributed by atoms with Gasteiger partial charge < -0.3 is 5.32 Å². The van der Waals surface area contributed by atoms with Crippen LogP contribution in [0.4, 0.5) is 0 Å². The lowest BCUT2D eigenvalue weighted by Crippen LogP contribution is -2.30. The molecule has 2 nitrogen and oxygen atoms in total. The Labute approximate surface area is 115 Å². The third kappa shape index (κ3) is 3.14. The Morgan fingerprint density at radius 3 is 2.35 bits per heavy atom. The molecule has 1 fully saturated rings. The van der Waals surface area contributed by atoms with E-state index in [1.807, 2.05) is 0 Å². The lowest BCUT2D eigenvalue weighted by Gasteiger charge is -2.13. The highest BCUT2D eigenvalue weighted by atomic mass is 35.6. The van der Waals surface area contributed by atoms with Gasteiger partial charge in [0.1, 0.15) is 0 Å². The maximum absolute atomic E-state index is 12.0. The van der Waals surface area contributed by atoms with Crippen LogP contribution in [0, 0.1) is 0 Å². The summed E-state index contributed by atoms with van der Waals surface area (Å²) in [6, 6.07) is 6.71. The van der Waals surface area contributed by atoms with Crippen molar-refractivity contribution in [2.45, 2.75) is 22.7 Å². The van der Waals surface area contributed by atoms with Crippen LogP contribution in [-0.2, 0) is 3.79 Å². The average Bonchev–Trinajstić information content (AvgIpc) is 2.80. The van der Waals surface area contributed by atoms with Crippen LogP contribution in [0.3, 0.4) is 0 Å². The second kappa shape index (κ2) is 5.15. The molecular formula is C12H12Cl3NO. The van der Waals surface area contributed by atoms with Crippen molar-refractivity contribution >= 4 is 40.6 Å². The predicted octanol–water partition coefficient (Wildman–Crippen LogP) is 3.45. The van der Waals surface area contributed by atoms with Gasteiger partial charge in [0.05, 0.1) is 6.04 Å². The van der Waals surface area contributed by atoms with E-state index in [4.69, 9.17) is 34.8 Å². The van der Waals surface area contributed by atoms with Gasteiger partial charge in [-0.15, -0.1) is 0 Å². The van der Waals surface area contributed by atoms with E-state index in [9.17, 15) is 4.79 Å². The number of hydrogen-bond acceptors (Lipinski definition) is 2. The molecule has 0 bridgehead atoms. The first-order chi connectivity index (χ1) is 7.98. The average molecular weight is 293 g/mol. The molecule has 0 radical (unpaired) electrons. The molecule has 2 rings (SSSR count). The van der Waals surface area contributed by atoms with E-state index < -0.39 is 3.79 Å². The summed E-state index contributed by atoms with van der Waals surface area (Å²) in [6.45, 7) is 0.905. The van der Waals surface area contributed by atoms with Crippen LogP contribution in [0.15, 0.2) is 24.3 Å². The summed E-state index contributed by atoms with van der Waals surface area (Å²) in [7, 11) is 0.